The molecule has 1 aliphatic carbocycles. The maximum absolute atomic E-state index is 12.4. The van der Waals surface area contributed by atoms with Crippen LogP contribution in [0.1, 0.15) is 39.5 Å². The topological polar surface area (TPSA) is 62.3 Å². The van der Waals surface area contributed by atoms with Crippen molar-refractivity contribution in [2.75, 3.05) is 18.0 Å². The van der Waals surface area contributed by atoms with Crippen molar-refractivity contribution in [1.29, 1.82) is 0 Å². The fourth-order valence-corrected chi connectivity index (χ4v) is 5.01. The number of anilines is 1. The highest BCUT2D eigenvalue weighted by Gasteiger charge is 2.33. The Kier molecular flexibility index (Phi) is 5.25. The smallest absolute Gasteiger partial charge is 0.242 e. The zero-order chi connectivity index (χ0) is 17.2. The lowest BCUT2D eigenvalue weighted by Gasteiger charge is -2.18. The molecule has 0 spiro atoms. The quantitative estimate of drug-likeness (QED) is 0.802. The summed E-state index contributed by atoms with van der Waals surface area (Å²) < 4.78 is 27.6. The molecule has 1 aromatic heterocycles. The molecule has 5 nitrogen and oxygen atoms in total. The molecule has 1 saturated heterocycles. The molecule has 0 aromatic carbocycles. The molecule has 0 amide bonds. The zero-order valence-electron chi connectivity index (χ0n) is 14.5. The lowest BCUT2D eigenvalue weighted by molar-refractivity contribution is 0.411. The van der Waals surface area contributed by atoms with Crippen LogP contribution in [0.2, 0.25) is 0 Å². The number of allylic oxidation sites excluding steroid dienone is 2. The largest absolute Gasteiger partial charge is 0.356 e. The number of nitrogens with one attached hydrogen (secondary N) is 1. The van der Waals surface area contributed by atoms with Crippen molar-refractivity contribution in [2.24, 2.45) is 11.8 Å². The molecule has 132 valence electrons. The third-order valence-electron chi connectivity index (χ3n) is 5.28. The van der Waals surface area contributed by atoms with Gasteiger partial charge in [-0.15, -0.1) is 0 Å². The second-order valence-corrected chi connectivity index (χ2v) is 8.57. The van der Waals surface area contributed by atoms with E-state index in [0.29, 0.717) is 11.8 Å². The molecule has 1 aromatic rings. The predicted octanol–water partition coefficient (Wildman–Crippen LogP) is 2.95. The van der Waals surface area contributed by atoms with Crippen LogP contribution >= 0.6 is 0 Å². The Morgan fingerprint density at radius 2 is 1.79 bits per heavy atom. The van der Waals surface area contributed by atoms with Gasteiger partial charge < -0.3 is 4.90 Å². The third kappa shape index (κ3) is 3.64. The summed E-state index contributed by atoms with van der Waals surface area (Å²) in [4.78, 5) is 6.96. The summed E-state index contributed by atoms with van der Waals surface area (Å²) in [5.41, 5.74) is 0. The van der Waals surface area contributed by atoms with E-state index in [-0.39, 0.29) is 10.9 Å². The van der Waals surface area contributed by atoms with Gasteiger partial charge in [-0.2, -0.15) is 0 Å². The molecule has 6 heteroatoms. The summed E-state index contributed by atoms with van der Waals surface area (Å²) in [6, 6.07) is 3.49. The van der Waals surface area contributed by atoms with Gasteiger partial charge in [0.2, 0.25) is 10.0 Å². The number of rotatable bonds is 6. The third-order valence-corrected chi connectivity index (χ3v) is 6.79. The first-order chi connectivity index (χ1) is 11.5. The van der Waals surface area contributed by atoms with Crippen LogP contribution in [-0.2, 0) is 10.0 Å². The van der Waals surface area contributed by atoms with Crippen molar-refractivity contribution in [3.05, 3.63) is 30.5 Å². The Morgan fingerprint density at radius 3 is 2.29 bits per heavy atom. The van der Waals surface area contributed by atoms with Gasteiger partial charge in [0.05, 0.1) is 0 Å². The summed E-state index contributed by atoms with van der Waals surface area (Å²) >= 11 is 0. The molecule has 2 aliphatic rings. The Labute approximate surface area is 145 Å². The van der Waals surface area contributed by atoms with E-state index in [0.717, 1.165) is 44.6 Å². The van der Waals surface area contributed by atoms with Gasteiger partial charge in [0.15, 0.2) is 0 Å². The highest BCUT2D eigenvalue weighted by atomic mass is 32.2. The maximum atomic E-state index is 12.4. The van der Waals surface area contributed by atoms with E-state index in [4.69, 9.17) is 0 Å². The zero-order valence-corrected chi connectivity index (χ0v) is 15.3. The van der Waals surface area contributed by atoms with Crippen LogP contribution in [0.15, 0.2) is 35.4 Å². The van der Waals surface area contributed by atoms with Crippen LogP contribution in [0.3, 0.4) is 0 Å². The minimum absolute atomic E-state index is 0.0242. The van der Waals surface area contributed by atoms with E-state index in [1.807, 2.05) is 19.9 Å². The number of hydrogen-bond donors (Lipinski definition) is 1. The monoisotopic (exact) mass is 349 g/mol. The van der Waals surface area contributed by atoms with Crippen LogP contribution in [0.4, 0.5) is 5.82 Å². The van der Waals surface area contributed by atoms with E-state index in [1.165, 1.54) is 6.20 Å². The van der Waals surface area contributed by atoms with Gasteiger partial charge in [0.1, 0.15) is 10.7 Å². The molecule has 1 aliphatic heterocycles. The van der Waals surface area contributed by atoms with E-state index >= 15 is 0 Å². The highest BCUT2D eigenvalue weighted by molar-refractivity contribution is 7.89. The molecule has 0 bridgehead atoms. The Morgan fingerprint density at radius 1 is 1.17 bits per heavy atom. The van der Waals surface area contributed by atoms with Gasteiger partial charge in [0, 0.05) is 25.3 Å². The Bertz CT molecular complexity index is 665. The van der Waals surface area contributed by atoms with E-state index in [9.17, 15) is 8.42 Å². The number of sulfonamides is 1. The molecular weight excluding hydrogens is 322 g/mol. The molecule has 24 heavy (non-hydrogen) atoms. The summed E-state index contributed by atoms with van der Waals surface area (Å²) in [6.07, 6.45) is 9.90. The van der Waals surface area contributed by atoms with Gasteiger partial charge in [-0.3, -0.25) is 0 Å². The van der Waals surface area contributed by atoms with Gasteiger partial charge >= 0.3 is 0 Å². The van der Waals surface area contributed by atoms with Crippen molar-refractivity contribution in [1.82, 2.24) is 9.71 Å². The van der Waals surface area contributed by atoms with Gasteiger partial charge in [0.25, 0.3) is 0 Å². The lowest BCUT2D eigenvalue weighted by atomic mass is 9.86. The van der Waals surface area contributed by atoms with Crippen LogP contribution in [0.25, 0.3) is 0 Å². The van der Waals surface area contributed by atoms with Gasteiger partial charge in [-0.1, -0.05) is 26.0 Å². The molecule has 2 unspecified atom stereocenters. The predicted molar refractivity (Wildman–Crippen MR) is 96.5 cm³/mol. The first kappa shape index (κ1) is 17.4. The molecule has 2 heterocycles. The summed E-state index contributed by atoms with van der Waals surface area (Å²) in [5, 5.41) is 0. The van der Waals surface area contributed by atoms with E-state index < -0.39 is 10.0 Å². The van der Waals surface area contributed by atoms with Crippen molar-refractivity contribution >= 4 is 15.8 Å². The highest BCUT2D eigenvalue weighted by Crippen LogP contribution is 2.34. The van der Waals surface area contributed by atoms with Gasteiger partial charge in [-0.05, 0) is 49.7 Å². The van der Waals surface area contributed by atoms with E-state index in [1.54, 1.807) is 6.07 Å². The van der Waals surface area contributed by atoms with Crippen LogP contribution in [0.5, 0.6) is 0 Å². The second kappa shape index (κ2) is 7.23. The molecule has 0 radical (unpaired) electrons. The Balaban J connectivity index is 1.69. The second-order valence-electron chi connectivity index (χ2n) is 6.85. The minimum atomic E-state index is -3.49. The normalized spacial score (nSPS) is 23.7. The Hall–Kier alpha value is -1.40. The molecule has 3 rings (SSSR count). The SMILES string of the molecule is CCC(CC)NS(=O)(=O)c1ccc(N2CC3CC=CCC3C2)nc1. The lowest BCUT2D eigenvalue weighted by Crippen LogP contribution is -2.34. The number of aromatic nitrogens is 1. The number of nitrogens with zero attached hydrogens (tertiary/aromatic N) is 2. The minimum Gasteiger partial charge on any atom is -0.356 e. The number of hydrogen-bond acceptors (Lipinski definition) is 4. The van der Waals surface area contributed by atoms with Crippen LogP contribution < -0.4 is 9.62 Å². The average molecular weight is 350 g/mol. The molecule has 2 atom stereocenters. The van der Waals surface area contributed by atoms with Crippen LogP contribution in [0, 0.1) is 11.8 Å². The van der Waals surface area contributed by atoms with Crippen molar-refractivity contribution in [3.63, 3.8) is 0 Å². The number of fused-ring (bicyclic) bond motifs is 1. The molecule has 1 N–H and O–H groups in total. The molecular formula is C18H27N3O2S. The fraction of sp³-hybridized carbons (Fsp3) is 0.611. The van der Waals surface area contributed by atoms with E-state index in [2.05, 4.69) is 26.8 Å². The average Bonchev–Trinajstić information content (AvgIpc) is 3.04. The first-order valence-electron chi connectivity index (χ1n) is 8.91. The van der Waals surface area contributed by atoms with Crippen molar-refractivity contribution in [2.45, 2.75) is 50.5 Å². The standard InChI is InChI=1S/C18H27N3O2S/c1-3-16(4-2)20-24(22,23)17-9-10-18(19-11-17)21-12-14-7-5-6-8-15(14)13-21/h5-6,9-11,14-16,20H,3-4,7-8,12-13H2,1-2H3. The van der Waals surface area contributed by atoms with Crippen LogP contribution in [-0.4, -0.2) is 32.5 Å². The van der Waals surface area contributed by atoms with Crippen molar-refractivity contribution < 1.29 is 8.42 Å². The summed E-state index contributed by atoms with van der Waals surface area (Å²) in [7, 11) is -3.49. The molecule has 0 saturated carbocycles. The number of pyridine rings is 1. The summed E-state index contributed by atoms with van der Waals surface area (Å²) in [5.74, 6) is 2.29. The van der Waals surface area contributed by atoms with Crippen molar-refractivity contribution in [3.8, 4) is 0 Å². The maximum Gasteiger partial charge on any atom is 0.242 e. The molecule has 1 fully saturated rings. The first-order valence-corrected chi connectivity index (χ1v) is 10.4. The van der Waals surface area contributed by atoms with Gasteiger partial charge in [-0.25, -0.2) is 18.1 Å². The summed E-state index contributed by atoms with van der Waals surface area (Å²) in [6.45, 7) is 6.00. The fourth-order valence-electron chi connectivity index (χ4n) is 3.66.